The van der Waals surface area contributed by atoms with E-state index in [4.69, 9.17) is 4.74 Å². The summed E-state index contributed by atoms with van der Waals surface area (Å²) < 4.78 is 6.23. The third kappa shape index (κ3) is 7.06. The van der Waals surface area contributed by atoms with Gasteiger partial charge in [-0.05, 0) is 62.5 Å². The fourth-order valence-corrected chi connectivity index (χ4v) is 5.45. The summed E-state index contributed by atoms with van der Waals surface area (Å²) in [6.07, 6.45) is 13.0. The molecule has 31 heavy (non-hydrogen) atoms. The maximum atomic E-state index is 6.23. The molecule has 3 aliphatic rings. The average Bonchev–Trinajstić information content (AvgIpc) is 3.33. The van der Waals surface area contributed by atoms with Crippen LogP contribution >= 0.6 is 24.0 Å². The maximum Gasteiger partial charge on any atom is 0.191 e. The molecular formula is C25H41IN4O. The SMILES string of the molecule is CN=C(NCCCOC1CCCc2ccccc21)NC1CCN(C2CCCC2)CC1.I. The molecular weight excluding hydrogens is 499 g/mol. The number of likely N-dealkylation sites (tertiary alicyclic amines) is 1. The Bertz CT molecular complexity index is 684. The minimum atomic E-state index is 0. The number of nitrogens with zero attached hydrogens (tertiary/aromatic N) is 2. The van der Waals surface area contributed by atoms with Crippen molar-refractivity contribution in [2.75, 3.05) is 33.3 Å². The van der Waals surface area contributed by atoms with E-state index in [1.807, 2.05) is 7.05 Å². The summed E-state index contributed by atoms with van der Waals surface area (Å²) in [7, 11) is 1.87. The molecule has 1 aliphatic heterocycles. The van der Waals surface area contributed by atoms with Crippen LogP contribution in [0.2, 0.25) is 0 Å². The van der Waals surface area contributed by atoms with Crippen LogP contribution in [-0.4, -0.2) is 56.2 Å². The van der Waals surface area contributed by atoms with E-state index < -0.39 is 0 Å². The van der Waals surface area contributed by atoms with E-state index in [1.165, 1.54) is 75.6 Å². The minimum Gasteiger partial charge on any atom is -0.373 e. The lowest BCUT2D eigenvalue weighted by Crippen LogP contribution is -2.50. The zero-order valence-electron chi connectivity index (χ0n) is 19.2. The van der Waals surface area contributed by atoms with Crippen LogP contribution in [0.4, 0.5) is 0 Å². The molecule has 0 radical (unpaired) electrons. The molecule has 174 valence electrons. The number of aliphatic imine (C=N–C) groups is 1. The number of benzene rings is 1. The van der Waals surface area contributed by atoms with Crippen LogP contribution < -0.4 is 10.6 Å². The highest BCUT2D eigenvalue weighted by Crippen LogP contribution is 2.32. The van der Waals surface area contributed by atoms with Gasteiger partial charge >= 0.3 is 0 Å². The number of ether oxygens (including phenoxy) is 1. The van der Waals surface area contributed by atoms with Gasteiger partial charge < -0.3 is 20.3 Å². The molecule has 4 rings (SSSR count). The first-order valence-corrected chi connectivity index (χ1v) is 12.2. The fraction of sp³-hybridized carbons (Fsp3) is 0.720. The molecule has 1 saturated heterocycles. The predicted octanol–water partition coefficient (Wildman–Crippen LogP) is 4.66. The van der Waals surface area contributed by atoms with Gasteiger partial charge in [-0.25, -0.2) is 0 Å². The molecule has 0 aromatic heterocycles. The predicted molar refractivity (Wildman–Crippen MR) is 139 cm³/mol. The van der Waals surface area contributed by atoms with E-state index in [-0.39, 0.29) is 30.1 Å². The lowest BCUT2D eigenvalue weighted by molar-refractivity contribution is 0.0398. The molecule has 0 bridgehead atoms. The van der Waals surface area contributed by atoms with Crippen molar-refractivity contribution in [1.29, 1.82) is 0 Å². The molecule has 1 aromatic rings. The van der Waals surface area contributed by atoms with Gasteiger partial charge in [0.15, 0.2) is 5.96 Å². The summed E-state index contributed by atoms with van der Waals surface area (Å²) in [6.45, 7) is 4.16. The largest absolute Gasteiger partial charge is 0.373 e. The Morgan fingerprint density at radius 3 is 2.61 bits per heavy atom. The minimum absolute atomic E-state index is 0. The molecule has 1 heterocycles. The number of guanidine groups is 1. The second-order valence-corrected chi connectivity index (χ2v) is 9.20. The van der Waals surface area contributed by atoms with Crippen molar-refractivity contribution in [3.8, 4) is 0 Å². The van der Waals surface area contributed by atoms with Gasteiger partial charge in [-0.3, -0.25) is 4.99 Å². The smallest absolute Gasteiger partial charge is 0.191 e. The van der Waals surface area contributed by atoms with Gasteiger partial charge in [0, 0.05) is 45.4 Å². The second kappa shape index (κ2) is 13.0. The first-order valence-electron chi connectivity index (χ1n) is 12.2. The monoisotopic (exact) mass is 540 g/mol. The Labute approximate surface area is 205 Å². The summed E-state index contributed by atoms with van der Waals surface area (Å²) in [4.78, 5) is 7.16. The number of aryl methyl sites for hydroxylation is 1. The van der Waals surface area contributed by atoms with Gasteiger partial charge in [0.2, 0.25) is 0 Å². The summed E-state index contributed by atoms with van der Waals surface area (Å²) in [5.74, 6) is 0.942. The second-order valence-electron chi connectivity index (χ2n) is 9.20. The molecule has 2 aliphatic carbocycles. The van der Waals surface area contributed by atoms with Crippen LogP contribution in [0.15, 0.2) is 29.3 Å². The van der Waals surface area contributed by atoms with Crippen LogP contribution in [0, 0.1) is 0 Å². The first kappa shape index (κ1) is 24.8. The Morgan fingerprint density at radius 2 is 1.84 bits per heavy atom. The van der Waals surface area contributed by atoms with Gasteiger partial charge in [0.1, 0.15) is 0 Å². The first-order chi connectivity index (χ1) is 14.8. The summed E-state index contributed by atoms with van der Waals surface area (Å²) in [5.41, 5.74) is 2.87. The van der Waals surface area contributed by atoms with E-state index in [1.54, 1.807) is 0 Å². The quantitative estimate of drug-likeness (QED) is 0.229. The van der Waals surface area contributed by atoms with Crippen LogP contribution in [0.25, 0.3) is 0 Å². The molecule has 0 spiro atoms. The standard InChI is InChI=1S/C25H40N4O.HI/c1-26-25(28-21-14-17-29(18-15-21)22-10-3-4-11-22)27-16-7-19-30-24-13-6-9-20-8-2-5-12-23(20)24;/h2,5,8,12,21-22,24H,3-4,6-7,9-11,13-19H2,1H3,(H2,26,27,28);1H. The highest BCUT2D eigenvalue weighted by Gasteiger charge is 2.27. The Kier molecular flexibility index (Phi) is 10.4. The molecule has 0 amide bonds. The highest BCUT2D eigenvalue weighted by atomic mass is 127. The molecule has 1 atom stereocenters. The lowest BCUT2D eigenvalue weighted by Gasteiger charge is -2.36. The van der Waals surface area contributed by atoms with Crippen molar-refractivity contribution in [1.82, 2.24) is 15.5 Å². The van der Waals surface area contributed by atoms with Crippen LogP contribution in [0.1, 0.15) is 75.0 Å². The topological polar surface area (TPSA) is 48.9 Å². The van der Waals surface area contributed by atoms with Crippen LogP contribution in [-0.2, 0) is 11.2 Å². The maximum absolute atomic E-state index is 6.23. The number of hydrogen-bond donors (Lipinski definition) is 2. The molecule has 2 fully saturated rings. The van der Waals surface area contributed by atoms with Crippen LogP contribution in [0.3, 0.4) is 0 Å². The number of halogens is 1. The summed E-state index contributed by atoms with van der Waals surface area (Å²) in [6, 6.07) is 10.2. The van der Waals surface area contributed by atoms with E-state index in [0.717, 1.165) is 38.0 Å². The van der Waals surface area contributed by atoms with E-state index in [0.29, 0.717) is 6.04 Å². The van der Waals surface area contributed by atoms with Crippen molar-refractivity contribution < 1.29 is 4.74 Å². The van der Waals surface area contributed by atoms with E-state index >= 15 is 0 Å². The van der Waals surface area contributed by atoms with Crippen molar-refractivity contribution in [2.45, 2.75) is 82.4 Å². The third-order valence-corrected chi connectivity index (χ3v) is 7.18. The molecule has 5 nitrogen and oxygen atoms in total. The summed E-state index contributed by atoms with van der Waals surface area (Å²) >= 11 is 0. The number of nitrogens with one attached hydrogen (secondary N) is 2. The molecule has 2 N–H and O–H groups in total. The van der Waals surface area contributed by atoms with Crippen molar-refractivity contribution in [3.05, 3.63) is 35.4 Å². The average molecular weight is 541 g/mol. The summed E-state index contributed by atoms with van der Waals surface area (Å²) in [5, 5.41) is 7.13. The molecule has 1 saturated carbocycles. The Morgan fingerprint density at radius 1 is 1.06 bits per heavy atom. The van der Waals surface area contributed by atoms with Crippen molar-refractivity contribution >= 4 is 29.9 Å². The molecule has 6 heteroatoms. The number of fused-ring (bicyclic) bond motifs is 1. The highest BCUT2D eigenvalue weighted by molar-refractivity contribution is 14.0. The van der Waals surface area contributed by atoms with Gasteiger partial charge in [0.25, 0.3) is 0 Å². The van der Waals surface area contributed by atoms with E-state index in [2.05, 4.69) is 44.8 Å². The zero-order chi connectivity index (χ0) is 20.6. The van der Waals surface area contributed by atoms with Gasteiger partial charge in [-0.2, -0.15) is 0 Å². The Balaban J connectivity index is 0.00000272. The lowest BCUT2D eigenvalue weighted by atomic mass is 9.89. The van der Waals surface area contributed by atoms with Crippen LogP contribution in [0.5, 0.6) is 0 Å². The number of rotatable bonds is 7. The number of piperidine rings is 1. The fourth-order valence-electron chi connectivity index (χ4n) is 5.45. The van der Waals surface area contributed by atoms with Gasteiger partial charge in [-0.15, -0.1) is 24.0 Å². The van der Waals surface area contributed by atoms with Crippen molar-refractivity contribution in [3.63, 3.8) is 0 Å². The molecule has 1 aromatic carbocycles. The third-order valence-electron chi connectivity index (χ3n) is 7.18. The molecule has 1 unspecified atom stereocenters. The van der Waals surface area contributed by atoms with E-state index in [9.17, 15) is 0 Å². The zero-order valence-corrected chi connectivity index (χ0v) is 21.5. The van der Waals surface area contributed by atoms with Crippen molar-refractivity contribution in [2.24, 2.45) is 4.99 Å². The number of hydrogen-bond acceptors (Lipinski definition) is 3. The normalized spacial score (nSPS) is 23.3. The van der Waals surface area contributed by atoms with Gasteiger partial charge in [-0.1, -0.05) is 37.1 Å². The Hall–Kier alpha value is -0.860. The van der Waals surface area contributed by atoms with Gasteiger partial charge in [0.05, 0.1) is 6.10 Å².